The number of nitrogens with two attached hydrogens (primary N) is 1. The first-order valence-corrected chi connectivity index (χ1v) is 7.11. The third kappa shape index (κ3) is 3.16. The predicted octanol–water partition coefficient (Wildman–Crippen LogP) is 2.50. The van der Waals surface area contributed by atoms with Crippen LogP contribution in [0.4, 0.5) is 0 Å². The van der Waals surface area contributed by atoms with Crippen LogP contribution >= 0.6 is 0 Å². The summed E-state index contributed by atoms with van der Waals surface area (Å²) in [5.41, 5.74) is 9.07. The summed E-state index contributed by atoms with van der Waals surface area (Å²) >= 11 is 0. The molecule has 104 valence electrons. The van der Waals surface area contributed by atoms with Crippen LogP contribution in [-0.2, 0) is 0 Å². The summed E-state index contributed by atoms with van der Waals surface area (Å²) in [7, 11) is 0. The maximum Gasteiger partial charge on any atom is 0.254 e. The number of amides is 1. The van der Waals surface area contributed by atoms with E-state index in [9.17, 15) is 4.79 Å². The highest BCUT2D eigenvalue weighted by Gasteiger charge is 2.26. The summed E-state index contributed by atoms with van der Waals surface area (Å²) in [5.74, 6) is 0.589. The lowest BCUT2D eigenvalue weighted by molar-refractivity contribution is 0.0660. The lowest BCUT2D eigenvalue weighted by Crippen LogP contribution is -2.45. The Morgan fingerprint density at radius 3 is 2.79 bits per heavy atom. The van der Waals surface area contributed by atoms with Crippen LogP contribution in [0.3, 0.4) is 0 Å². The summed E-state index contributed by atoms with van der Waals surface area (Å²) in [6.07, 6.45) is 2.19. The van der Waals surface area contributed by atoms with Gasteiger partial charge in [-0.1, -0.05) is 17.7 Å². The average molecular weight is 260 g/mol. The van der Waals surface area contributed by atoms with E-state index in [1.54, 1.807) is 0 Å². The van der Waals surface area contributed by atoms with Crippen molar-refractivity contribution in [3.63, 3.8) is 0 Å². The molecule has 19 heavy (non-hydrogen) atoms. The first kappa shape index (κ1) is 14.1. The Hall–Kier alpha value is -1.35. The monoisotopic (exact) mass is 260 g/mol. The van der Waals surface area contributed by atoms with Gasteiger partial charge in [-0.25, -0.2) is 0 Å². The van der Waals surface area contributed by atoms with E-state index in [1.165, 1.54) is 5.56 Å². The second-order valence-electron chi connectivity index (χ2n) is 5.83. The van der Waals surface area contributed by atoms with Crippen molar-refractivity contribution in [2.75, 3.05) is 13.1 Å². The summed E-state index contributed by atoms with van der Waals surface area (Å²) in [5, 5.41) is 0. The lowest BCUT2D eigenvalue weighted by Gasteiger charge is -2.35. The Labute approximate surface area is 115 Å². The molecule has 1 aliphatic rings. The highest BCUT2D eigenvalue weighted by Crippen LogP contribution is 2.22. The predicted molar refractivity (Wildman–Crippen MR) is 78.2 cm³/mol. The van der Waals surface area contributed by atoms with E-state index >= 15 is 0 Å². The second-order valence-corrected chi connectivity index (χ2v) is 5.83. The van der Waals surface area contributed by atoms with Gasteiger partial charge in [-0.05, 0) is 51.2 Å². The van der Waals surface area contributed by atoms with Gasteiger partial charge < -0.3 is 10.6 Å². The molecule has 2 rings (SSSR count). The van der Waals surface area contributed by atoms with Crippen LogP contribution in [0.2, 0.25) is 0 Å². The fourth-order valence-corrected chi connectivity index (χ4v) is 2.85. The van der Waals surface area contributed by atoms with Crippen molar-refractivity contribution < 1.29 is 4.79 Å². The molecule has 0 saturated carbocycles. The maximum absolute atomic E-state index is 12.6. The molecule has 0 aliphatic carbocycles. The molecular weight excluding hydrogens is 236 g/mol. The third-order valence-corrected chi connectivity index (χ3v) is 4.10. The highest BCUT2D eigenvalue weighted by molar-refractivity contribution is 5.95. The molecule has 3 heteroatoms. The van der Waals surface area contributed by atoms with E-state index in [1.807, 2.05) is 37.8 Å². The van der Waals surface area contributed by atoms with Gasteiger partial charge in [-0.2, -0.15) is 0 Å². The quantitative estimate of drug-likeness (QED) is 0.888. The highest BCUT2D eigenvalue weighted by atomic mass is 16.2. The smallest absolute Gasteiger partial charge is 0.254 e. The molecule has 1 aromatic carbocycles. The van der Waals surface area contributed by atoms with Crippen LogP contribution in [-0.4, -0.2) is 29.9 Å². The Bertz CT molecular complexity index is 468. The number of benzene rings is 1. The van der Waals surface area contributed by atoms with Crippen molar-refractivity contribution in [1.82, 2.24) is 4.90 Å². The van der Waals surface area contributed by atoms with Crippen molar-refractivity contribution in [2.45, 2.75) is 39.7 Å². The number of likely N-dealkylation sites (tertiary alicyclic amines) is 1. The summed E-state index contributed by atoms with van der Waals surface area (Å²) in [4.78, 5) is 14.6. The van der Waals surface area contributed by atoms with Crippen molar-refractivity contribution in [2.24, 2.45) is 11.7 Å². The molecule has 2 unspecified atom stereocenters. The zero-order valence-electron chi connectivity index (χ0n) is 12.1. The van der Waals surface area contributed by atoms with Gasteiger partial charge in [0.15, 0.2) is 0 Å². The van der Waals surface area contributed by atoms with Crippen molar-refractivity contribution in [1.29, 1.82) is 0 Å². The minimum absolute atomic E-state index is 0.155. The fourth-order valence-electron chi connectivity index (χ4n) is 2.85. The van der Waals surface area contributed by atoms with E-state index in [0.29, 0.717) is 5.92 Å². The number of nitrogens with zero attached hydrogens (tertiary/aromatic N) is 1. The SMILES string of the molecule is Cc1ccc(C(=O)N2CCCC(C(C)N)C2)c(C)c1. The van der Waals surface area contributed by atoms with Crippen LogP contribution in [0.15, 0.2) is 18.2 Å². The Kier molecular flexibility index (Phi) is 4.25. The van der Waals surface area contributed by atoms with E-state index in [4.69, 9.17) is 5.73 Å². The molecule has 1 aliphatic heterocycles. The zero-order valence-corrected chi connectivity index (χ0v) is 12.1. The summed E-state index contributed by atoms with van der Waals surface area (Å²) in [6.45, 7) is 7.75. The Balaban J connectivity index is 2.15. The van der Waals surface area contributed by atoms with Gasteiger partial charge in [0.05, 0.1) is 0 Å². The van der Waals surface area contributed by atoms with Gasteiger partial charge in [0.2, 0.25) is 0 Å². The topological polar surface area (TPSA) is 46.3 Å². The van der Waals surface area contributed by atoms with Crippen molar-refractivity contribution in [3.8, 4) is 0 Å². The fraction of sp³-hybridized carbons (Fsp3) is 0.562. The largest absolute Gasteiger partial charge is 0.338 e. The number of rotatable bonds is 2. The lowest BCUT2D eigenvalue weighted by atomic mass is 9.91. The molecule has 0 radical (unpaired) electrons. The van der Waals surface area contributed by atoms with Gasteiger partial charge in [0.25, 0.3) is 5.91 Å². The molecular formula is C16H24N2O. The zero-order chi connectivity index (χ0) is 14.0. The molecule has 2 N–H and O–H groups in total. The van der Waals surface area contributed by atoms with Crippen molar-refractivity contribution in [3.05, 3.63) is 34.9 Å². The summed E-state index contributed by atoms with van der Waals surface area (Å²) < 4.78 is 0. The Morgan fingerprint density at radius 2 is 2.16 bits per heavy atom. The number of aryl methyl sites for hydroxylation is 2. The molecule has 3 nitrogen and oxygen atoms in total. The molecule has 1 heterocycles. The van der Waals surface area contributed by atoms with E-state index in [-0.39, 0.29) is 11.9 Å². The first-order valence-electron chi connectivity index (χ1n) is 7.11. The minimum atomic E-state index is 0.155. The summed E-state index contributed by atoms with van der Waals surface area (Å²) in [6, 6.07) is 6.19. The number of carbonyl (C=O) groups is 1. The second kappa shape index (κ2) is 5.74. The number of carbonyl (C=O) groups excluding carboxylic acids is 1. The van der Waals surface area contributed by atoms with Crippen LogP contribution < -0.4 is 5.73 Å². The number of hydrogen-bond acceptors (Lipinski definition) is 2. The maximum atomic E-state index is 12.6. The van der Waals surface area contributed by atoms with Crippen LogP contribution in [0.5, 0.6) is 0 Å². The normalized spacial score (nSPS) is 21.3. The molecule has 0 spiro atoms. The molecule has 1 fully saturated rings. The molecule has 1 aromatic rings. The molecule has 0 bridgehead atoms. The van der Waals surface area contributed by atoms with Gasteiger partial charge in [-0.15, -0.1) is 0 Å². The average Bonchev–Trinajstić information content (AvgIpc) is 2.38. The van der Waals surface area contributed by atoms with Crippen LogP contribution in [0, 0.1) is 19.8 Å². The van der Waals surface area contributed by atoms with Gasteiger partial charge in [-0.3, -0.25) is 4.79 Å². The van der Waals surface area contributed by atoms with Crippen LogP contribution in [0.1, 0.15) is 41.3 Å². The minimum Gasteiger partial charge on any atom is -0.338 e. The van der Waals surface area contributed by atoms with Gasteiger partial charge in [0.1, 0.15) is 0 Å². The van der Waals surface area contributed by atoms with E-state index < -0.39 is 0 Å². The molecule has 2 atom stereocenters. The first-order chi connectivity index (χ1) is 8.99. The number of hydrogen-bond donors (Lipinski definition) is 1. The standard InChI is InChI=1S/C16H24N2O/c1-11-6-7-15(12(2)9-11)16(19)18-8-4-5-14(10-18)13(3)17/h6-7,9,13-14H,4-5,8,10,17H2,1-3H3. The van der Waals surface area contributed by atoms with E-state index in [2.05, 4.69) is 6.07 Å². The molecule has 1 saturated heterocycles. The van der Waals surface area contributed by atoms with Crippen LogP contribution in [0.25, 0.3) is 0 Å². The van der Waals surface area contributed by atoms with E-state index in [0.717, 1.165) is 37.1 Å². The van der Waals surface area contributed by atoms with Crippen molar-refractivity contribution >= 4 is 5.91 Å². The third-order valence-electron chi connectivity index (χ3n) is 4.10. The molecule has 0 aromatic heterocycles. The number of piperidine rings is 1. The Morgan fingerprint density at radius 1 is 1.42 bits per heavy atom. The molecule has 1 amide bonds. The van der Waals surface area contributed by atoms with Gasteiger partial charge >= 0.3 is 0 Å². The van der Waals surface area contributed by atoms with Gasteiger partial charge in [0, 0.05) is 24.7 Å².